The number of unbranched alkanes of at least 4 members (excludes halogenated alkanes) is 1. The molecule has 0 spiro atoms. The van der Waals surface area contributed by atoms with E-state index in [4.69, 9.17) is 4.74 Å². The Balaban J connectivity index is 3.37. The minimum Gasteiger partial charge on any atom is -0.464 e. The van der Waals surface area contributed by atoms with Crippen LogP contribution in [-0.2, 0) is 9.53 Å². The molecule has 0 saturated heterocycles. The van der Waals surface area contributed by atoms with Gasteiger partial charge < -0.3 is 15.4 Å². The van der Waals surface area contributed by atoms with Crippen molar-refractivity contribution in [1.82, 2.24) is 10.6 Å². The van der Waals surface area contributed by atoms with E-state index >= 15 is 0 Å². The number of hydrogen-bond donors (Lipinski definition) is 2. The molecule has 0 bridgehead atoms. The summed E-state index contributed by atoms with van der Waals surface area (Å²) in [6, 6.07) is -0.214. The Labute approximate surface area is 96.9 Å². The summed E-state index contributed by atoms with van der Waals surface area (Å²) in [4.78, 5) is 22.2. The average Bonchev–Trinajstić information content (AvgIpc) is 2.24. The van der Waals surface area contributed by atoms with Gasteiger partial charge in [-0.25, -0.2) is 4.79 Å². The molecule has 5 nitrogen and oxygen atoms in total. The van der Waals surface area contributed by atoms with Crippen LogP contribution >= 0.6 is 0 Å². The van der Waals surface area contributed by atoms with Crippen molar-refractivity contribution in [3.63, 3.8) is 0 Å². The lowest BCUT2D eigenvalue weighted by Crippen LogP contribution is -2.38. The van der Waals surface area contributed by atoms with Crippen molar-refractivity contribution < 1.29 is 14.3 Å². The molecule has 5 heteroatoms. The minimum absolute atomic E-state index is 0.126. The minimum atomic E-state index is -0.242. The largest absolute Gasteiger partial charge is 0.464 e. The number of urea groups is 1. The third-order valence-electron chi connectivity index (χ3n) is 1.92. The first kappa shape index (κ1) is 14.7. The summed E-state index contributed by atoms with van der Waals surface area (Å²) in [6.07, 6.45) is 2.02. The Morgan fingerprint density at radius 1 is 1.19 bits per heavy atom. The fourth-order valence-electron chi connectivity index (χ4n) is 0.924. The molecule has 16 heavy (non-hydrogen) atoms. The third-order valence-corrected chi connectivity index (χ3v) is 1.92. The molecular formula is C11H22N2O3. The molecule has 0 aliphatic heterocycles. The van der Waals surface area contributed by atoms with Crippen LogP contribution in [0.2, 0.25) is 0 Å². The zero-order chi connectivity index (χ0) is 12.4. The standard InChI is InChI=1S/C11H22N2O3/c1-4-5-6-12-11(15)13-7-8-16-10(14)9(2)3/h9H,4-8H2,1-3H3,(H2,12,13,15). The van der Waals surface area contributed by atoms with Gasteiger partial charge in [0.25, 0.3) is 0 Å². The highest BCUT2D eigenvalue weighted by molar-refractivity contribution is 5.74. The van der Waals surface area contributed by atoms with E-state index in [-0.39, 0.29) is 24.5 Å². The quantitative estimate of drug-likeness (QED) is 0.511. The van der Waals surface area contributed by atoms with Gasteiger partial charge in [-0.15, -0.1) is 0 Å². The zero-order valence-electron chi connectivity index (χ0n) is 10.3. The molecule has 2 amide bonds. The van der Waals surface area contributed by atoms with Gasteiger partial charge in [-0.05, 0) is 6.42 Å². The van der Waals surface area contributed by atoms with E-state index in [1.165, 1.54) is 0 Å². The first-order valence-corrected chi connectivity index (χ1v) is 5.76. The fourth-order valence-corrected chi connectivity index (χ4v) is 0.924. The molecule has 0 atom stereocenters. The normalized spacial score (nSPS) is 10.0. The van der Waals surface area contributed by atoms with Crippen molar-refractivity contribution in [1.29, 1.82) is 0 Å². The number of amides is 2. The summed E-state index contributed by atoms with van der Waals surface area (Å²) in [6.45, 7) is 6.84. The van der Waals surface area contributed by atoms with E-state index in [9.17, 15) is 9.59 Å². The van der Waals surface area contributed by atoms with Crippen molar-refractivity contribution in [3.8, 4) is 0 Å². The lowest BCUT2D eigenvalue weighted by Gasteiger charge is -2.09. The molecule has 0 aromatic rings. The van der Waals surface area contributed by atoms with Crippen LogP contribution in [0, 0.1) is 5.92 Å². The Kier molecular flexibility index (Phi) is 8.29. The van der Waals surface area contributed by atoms with Gasteiger partial charge in [0.15, 0.2) is 0 Å². The van der Waals surface area contributed by atoms with Gasteiger partial charge in [0.05, 0.1) is 12.5 Å². The van der Waals surface area contributed by atoms with Crippen LogP contribution in [0.15, 0.2) is 0 Å². The highest BCUT2D eigenvalue weighted by atomic mass is 16.5. The second-order valence-electron chi connectivity index (χ2n) is 3.86. The molecule has 0 aliphatic rings. The Hall–Kier alpha value is -1.26. The molecular weight excluding hydrogens is 208 g/mol. The van der Waals surface area contributed by atoms with Crippen molar-refractivity contribution in [2.24, 2.45) is 5.92 Å². The lowest BCUT2D eigenvalue weighted by molar-refractivity contribution is -0.147. The number of nitrogens with one attached hydrogen (secondary N) is 2. The van der Waals surface area contributed by atoms with Crippen LogP contribution in [0.5, 0.6) is 0 Å². The second-order valence-corrected chi connectivity index (χ2v) is 3.86. The SMILES string of the molecule is CCCCNC(=O)NCCOC(=O)C(C)C. The highest BCUT2D eigenvalue weighted by Crippen LogP contribution is 1.94. The van der Waals surface area contributed by atoms with E-state index in [0.717, 1.165) is 12.8 Å². The number of carbonyl (C=O) groups is 2. The molecule has 94 valence electrons. The molecule has 0 saturated carbocycles. The molecule has 0 fully saturated rings. The number of rotatable bonds is 7. The number of ether oxygens (including phenoxy) is 1. The zero-order valence-corrected chi connectivity index (χ0v) is 10.3. The lowest BCUT2D eigenvalue weighted by atomic mass is 10.2. The van der Waals surface area contributed by atoms with Crippen molar-refractivity contribution >= 4 is 12.0 Å². The molecule has 0 unspecified atom stereocenters. The first-order valence-electron chi connectivity index (χ1n) is 5.76. The topological polar surface area (TPSA) is 67.4 Å². The summed E-state index contributed by atoms with van der Waals surface area (Å²) >= 11 is 0. The summed E-state index contributed by atoms with van der Waals surface area (Å²) in [5.74, 6) is -0.369. The first-order chi connectivity index (χ1) is 7.57. The monoisotopic (exact) mass is 230 g/mol. The summed E-state index contributed by atoms with van der Waals surface area (Å²) in [5.41, 5.74) is 0. The highest BCUT2D eigenvalue weighted by Gasteiger charge is 2.07. The fraction of sp³-hybridized carbons (Fsp3) is 0.818. The average molecular weight is 230 g/mol. The summed E-state index contributed by atoms with van der Waals surface area (Å²) in [7, 11) is 0. The maximum absolute atomic E-state index is 11.1. The molecule has 0 aliphatic carbocycles. The van der Waals surface area contributed by atoms with E-state index < -0.39 is 0 Å². The predicted octanol–water partition coefficient (Wildman–Crippen LogP) is 1.28. The van der Waals surface area contributed by atoms with Gasteiger partial charge in [0.1, 0.15) is 6.61 Å². The van der Waals surface area contributed by atoms with Crippen LogP contribution in [0.3, 0.4) is 0 Å². The summed E-state index contributed by atoms with van der Waals surface area (Å²) in [5, 5.41) is 5.31. The van der Waals surface area contributed by atoms with Crippen molar-refractivity contribution in [3.05, 3.63) is 0 Å². The van der Waals surface area contributed by atoms with Gasteiger partial charge >= 0.3 is 12.0 Å². The molecule has 0 aromatic carbocycles. The Morgan fingerprint density at radius 3 is 2.38 bits per heavy atom. The van der Waals surface area contributed by atoms with Gasteiger partial charge in [-0.2, -0.15) is 0 Å². The number of esters is 1. The van der Waals surface area contributed by atoms with Gasteiger partial charge in [-0.3, -0.25) is 4.79 Å². The smallest absolute Gasteiger partial charge is 0.314 e. The van der Waals surface area contributed by atoms with Crippen molar-refractivity contribution in [2.45, 2.75) is 33.6 Å². The van der Waals surface area contributed by atoms with E-state index in [2.05, 4.69) is 17.6 Å². The van der Waals surface area contributed by atoms with Crippen LogP contribution in [0.1, 0.15) is 33.6 Å². The van der Waals surface area contributed by atoms with Crippen molar-refractivity contribution in [2.75, 3.05) is 19.7 Å². The van der Waals surface area contributed by atoms with Gasteiger partial charge in [-0.1, -0.05) is 27.2 Å². The second kappa shape index (κ2) is 9.00. The molecule has 0 rings (SSSR count). The maximum atomic E-state index is 11.1. The third kappa shape index (κ3) is 8.08. The number of hydrogen-bond acceptors (Lipinski definition) is 3. The van der Waals surface area contributed by atoms with Crippen LogP contribution in [0.25, 0.3) is 0 Å². The van der Waals surface area contributed by atoms with Gasteiger partial charge in [0.2, 0.25) is 0 Å². The van der Waals surface area contributed by atoms with Crippen LogP contribution < -0.4 is 10.6 Å². The number of carbonyl (C=O) groups excluding carboxylic acids is 2. The van der Waals surface area contributed by atoms with E-state index in [1.807, 2.05) is 0 Å². The van der Waals surface area contributed by atoms with E-state index in [0.29, 0.717) is 13.1 Å². The van der Waals surface area contributed by atoms with Crippen LogP contribution in [0.4, 0.5) is 4.79 Å². The Bertz CT molecular complexity index is 217. The molecule has 0 aromatic heterocycles. The maximum Gasteiger partial charge on any atom is 0.314 e. The predicted molar refractivity (Wildman–Crippen MR) is 62.1 cm³/mol. The van der Waals surface area contributed by atoms with E-state index in [1.54, 1.807) is 13.8 Å². The molecule has 0 heterocycles. The molecule has 0 radical (unpaired) electrons. The summed E-state index contributed by atoms with van der Waals surface area (Å²) < 4.78 is 4.90. The molecule has 2 N–H and O–H groups in total. The Morgan fingerprint density at radius 2 is 1.81 bits per heavy atom. The van der Waals surface area contributed by atoms with Gasteiger partial charge in [0, 0.05) is 6.54 Å². The van der Waals surface area contributed by atoms with Crippen LogP contribution in [-0.4, -0.2) is 31.7 Å².